The number of nitrogens with one attached hydrogen (secondary N) is 1. The van der Waals surface area contributed by atoms with Crippen molar-refractivity contribution in [2.45, 2.75) is 84.2 Å². The molecule has 2 N–H and O–H groups in total. The Morgan fingerprint density at radius 2 is 1.97 bits per heavy atom. The maximum atomic E-state index is 12.5. The van der Waals surface area contributed by atoms with Crippen LogP contribution in [0.5, 0.6) is 0 Å². The van der Waals surface area contributed by atoms with Gasteiger partial charge in [0.1, 0.15) is 5.60 Å². The summed E-state index contributed by atoms with van der Waals surface area (Å²) in [6.07, 6.45) is 5.14. The lowest BCUT2D eigenvalue weighted by Gasteiger charge is -2.38. The Hall–Kier alpha value is -2.36. The average Bonchev–Trinajstić information content (AvgIpc) is 3.24. The molecule has 36 heavy (non-hydrogen) atoms. The first-order valence-electron chi connectivity index (χ1n) is 13.3. The fourth-order valence-corrected chi connectivity index (χ4v) is 4.98. The highest BCUT2D eigenvalue weighted by Crippen LogP contribution is 2.28. The molecule has 0 bridgehead atoms. The number of likely N-dealkylation sites (tertiary alicyclic amines) is 1. The molecule has 0 saturated carbocycles. The van der Waals surface area contributed by atoms with Gasteiger partial charge in [0.15, 0.2) is 5.65 Å². The van der Waals surface area contributed by atoms with Gasteiger partial charge in [-0.3, -0.25) is 0 Å². The topological polar surface area (TPSA) is 91.6 Å². The SMILES string of the molecule is CC(C)c1cnc2c(NC3CCN(CC4CN(C(=O)OC(C)(C)C)CCO4)CC3)cc(C(C)O)cn12. The largest absolute Gasteiger partial charge is 0.444 e. The van der Waals surface area contributed by atoms with E-state index in [1.54, 1.807) is 11.8 Å². The fourth-order valence-electron chi connectivity index (χ4n) is 4.98. The zero-order valence-corrected chi connectivity index (χ0v) is 22.7. The molecule has 4 heterocycles. The fraction of sp³-hybridized carbons (Fsp3) is 0.704. The second-order valence-electron chi connectivity index (χ2n) is 11.5. The van der Waals surface area contributed by atoms with Gasteiger partial charge in [0.25, 0.3) is 0 Å². The summed E-state index contributed by atoms with van der Waals surface area (Å²) in [5.41, 5.74) is 3.41. The summed E-state index contributed by atoms with van der Waals surface area (Å²) in [5, 5.41) is 14.0. The predicted molar refractivity (Wildman–Crippen MR) is 141 cm³/mol. The van der Waals surface area contributed by atoms with Crippen LogP contribution in [0.1, 0.15) is 77.7 Å². The van der Waals surface area contributed by atoms with Crippen molar-refractivity contribution in [2.75, 3.05) is 44.6 Å². The molecule has 0 aliphatic carbocycles. The summed E-state index contributed by atoms with van der Waals surface area (Å²) in [6.45, 7) is 16.2. The number of morpholine rings is 1. The summed E-state index contributed by atoms with van der Waals surface area (Å²) in [7, 11) is 0. The van der Waals surface area contributed by atoms with Gasteiger partial charge in [-0.25, -0.2) is 9.78 Å². The van der Waals surface area contributed by atoms with Gasteiger partial charge in [-0.1, -0.05) is 13.8 Å². The third-order valence-electron chi connectivity index (χ3n) is 6.93. The van der Waals surface area contributed by atoms with Crippen molar-refractivity contribution in [2.24, 2.45) is 0 Å². The number of hydrogen-bond acceptors (Lipinski definition) is 7. The Kier molecular flexibility index (Phi) is 8.12. The average molecular weight is 502 g/mol. The first-order chi connectivity index (χ1) is 17.0. The Morgan fingerprint density at radius 3 is 2.61 bits per heavy atom. The number of carbonyl (C=O) groups excluding carboxylic acids is 1. The Morgan fingerprint density at radius 1 is 1.25 bits per heavy atom. The normalized spacial score (nSPS) is 21.2. The van der Waals surface area contributed by atoms with Crippen LogP contribution in [0.15, 0.2) is 18.5 Å². The maximum Gasteiger partial charge on any atom is 0.410 e. The number of nitrogens with zero attached hydrogens (tertiary/aromatic N) is 4. The monoisotopic (exact) mass is 501 g/mol. The van der Waals surface area contributed by atoms with Crippen molar-refractivity contribution in [3.05, 3.63) is 29.7 Å². The van der Waals surface area contributed by atoms with E-state index >= 15 is 0 Å². The number of amides is 1. The summed E-state index contributed by atoms with van der Waals surface area (Å²) in [5.74, 6) is 0.341. The van der Waals surface area contributed by atoms with E-state index in [9.17, 15) is 9.90 Å². The minimum atomic E-state index is -0.546. The van der Waals surface area contributed by atoms with Gasteiger partial charge in [0, 0.05) is 50.3 Å². The van der Waals surface area contributed by atoms with E-state index in [4.69, 9.17) is 14.5 Å². The van der Waals surface area contributed by atoms with Crippen molar-refractivity contribution >= 4 is 17.4 Å². The number of carbonyl (C=O) groups is 1. The molecule has 2 aromatic heterocycles. The van der Waals surface area contributed by atoms with Crippen LogP contribution in [0.4, 0.5) is 10.5 Å². The lowest BCUT2D eigenvalue weighted by molar-refractivity contribution is -0.0538. The smallest absolute Gasteiger partial charge is 0.410 e. The molecule has 2 unspecified atom stereocenters. The van der Waals surface area contributed by atoms with Gasteiger partial charge in [0.05, 0.1) is 31.0 Å². The molecule has 2 aliphatic heterocycles. The second kappa shape index (κ2) is 10.9. The van der Waals surface area contributed by atoms with Crippen LogP contribution in [0.2, 0.25) is 0 Å². The Bertz CT molecular complexity index is 1040. The molecular formula is C27H43N5O4. The van der Waals surface area contributed by atoms with Crippen molar-refractivity contribution in [1.82, 2.24) is 19.2 Å². The quantitative estimate of drug-likeness (QED) is 0.618. The van der Waals surface area contributed by atoms with Crippen LogP contribution in [0, 0.1) is 0 Å². The summed E-state index contributed by atoms with van der Waals surface area (Å²) in [6, 6.07) is 2.36. The molecule has 2 aliphatic rings. The van der Waals surface area contributed by atoms with Crippen molar-refractivity contribution < 1.29 is 19.4 Å². The van der Waals surface area contributed by atoms with E-state index in [1.165, 1.54) is 0 Å². The Labute approximate surface area is 214 Å². The molecule has 200 valence electrons. The number of aliphatic hydroxyl groups is 1. The van der Waals surface area contributed by atoms with Gasteiger partial charge >= 0.3 is 6.09 Å². The number of ether oxygens (including phenoxy) is 2. The van der Waals surface area contributed by atoms with E-state index in [2.05, 4.69) is 28.5 Å². The van der Waals surface area contributed by atoms with E-state index < -0.39 is 11.7 Å². The minimum Gasteiger partial charge on any atom is -0.444 e. The zero-order valence-electron chi connectivity index (χ0n) is 22.7. The van der Waals surface area contributed by atoms with Gasteiger partial charge in [-0.2, -0.15) is 0 Å². The Balaban J connectivity index is 1.34. The second-order valence-corrected chi connectivity index (χ2v) is 11.5. The number of hydrogen-bond donors (Lipinski definition) is 2. The lowest BCUT2D eigenvalue weighted by atomic mass is 10.0. The number of rotatable bonds is 6. The maximum absolute atomic E-state index is 12.5. The van der Waals surface area contributed by atoms with Crippen molar-refractivity contribution in [3.63, 3.8) is 0 Å². The molecule has 0 radical (unpaired) electrons. The number of aliphatic hydroxyl groups excluding tert-OH is 1. The van der Waals surface area contributed by atoms with E-state index in [1.807, 2.05) is 39.2 Å². The van der Waals surface area contributed by atoms with Crippen LogP contribution in [0.25, 0.3) is 5.65 Å². The molecule has 2 saturated heterocycles. The third-order valence-corrected chi connectivity index (χ3v) is 6.93. The number of aromatic nitrogens is 2. The van der Waals surface area contributed by atoms with E-state index in [0.29, 0.717) is 31.7 Å². The van der Waals surface area contributed by atoms with Gasteiger partial charge in [-0.15, -0.1) is 0 Å². The molecule has 2 aromatic rings. The van der Waals surface area contributed by atoms with Gasteiger partial charge < -0.3 is 34.1 Å². The zero-order chi connectivity index (χ0) is 26.0. The van der Waals surface area contributed by atoms with Crippen LogP contribution < -0.4 is 5.32 Å². The van der Waals surface area contributed by atoms with Crippen LogP contribution in [-0.2, 0) is 9.47 Å². The first-order valence-corrected chi connectivity index (χ1v) is 13.3. The van der Waals surface area contributed by atoms with Crippen molar-refractivity contribution in [1.29, 1.82) is 0 Å². The number of pyridine rings is 1. The van der Waals surface area contributed by atoms with Gasteiger partial charge in [-0.05, 0) is 58.1 Å². The molecule has 2 fully saturated rings. The number of imidazole rings is 1. The van der Waals surface area contributed by atoms with Gasteiger partial charge in [0.2, 0.25) is 0 Å². The van der Waals surface area contributed by atoms with Crippen LogP contribution in [-0.4, -0.2) is 87.5 Å². The molecule has 9 heteroatoms. The lowest BCUT2D eigenvalue weighted by Crippen LogP contribution is -2.52. The summed E-state index contributed by atoms with van der Waals surface area (Å²) in [4.78, 5) is 21.4. The predicted octanol–water partition coefficient (Wildman–Crippen LogP) is 4.02. The van der Waals surface area contributed by atoms with Crippen LogP contribution >= 0.6 is 0 Å². The van der Waals surface area contributed by atoms with Crippen LogP contribution in [0.3, 0.4) is 0 Å². The molecular weight excluding hydrogens is 458 g/mol. The third kappa shape index (κ3) is 6.49. The van der Waals surface area contributed by atoms with E-state index in [-0.39, 0.29) is 12.2 Å². The number of piperidine rings is 1. The number of anilines is 1. The highest BCUT2D eigenvalue weighted by molar-refractivity contribution is 5.70. The molecule has 1 amide bonds. The highest BCUT2D eigenvalue weighted by Gasteiger charge is 2.30. The summed E-state index contributed by atoms with van der Waals surface area (Å²) >= 11 is 0. The standard InChI is InChI=1S/C27H43N5O4/c1-18(2)24-14-28-25-23(13-20(19(3)33)15-32(24)25)29-21-7-9-30(10-8-21)16-22-17-31(11-12-35-22)26(34)36-27(4,5)6/h13-15,18-19,21-22,29,33H,7-12,16-17H2,1-6H3. The molecule has 4 rings (SSSR count). The molecule has 2 atom stereocenters. The molecule has 0 aromatic carbocycles. The van der Waals surface area contributed by atoms with E-state index in [0.717, 1.165) is 55.1 Å². The number of fused-ring (bicyclic) bond motifs is 1. The highest BCUT2D eigenvalue weighted by atomic mass is 16.6. The summed E-state index contributed by atoms with van der Waals surface area (Å²) < 4.78 is 13.6. The molecule has 9 nitrogen and oxygen atoms in total. The molecule has 0 spiro atoms. The first kappa shape index (κ1) is 26.7. The van der Waals surface area contributed by atoms with Crippen molar-refractivity contribution in [3.8, 4) is 0 Å². The minimum absolute atomic E-state index is 0.00232.